The Bertz CT molecular complexity index is 131. The molecule has 1 heterocycles. The van der Waals surface area contributed by atoms with Crippen LogP contribution in [0, 0.1) is 0 Å². The van der Waals surface area contributed by atoms with E-state index in [0.29, 0.717) is 0 Å². The van der Waals surface area contributed by atoms with Crippen LogP contribution in [0.15, 0.2) is 0 Å². The Kier molecular flexibility index (Phi) is 6.51. The van der Waals surface area contributed by atoms with Crippen molar-refractivity contribution in [2.24, 2.45) is 0 Å². The molecule has 2 heteroatoms. The van der Waals surface area contributed by atoms with Gasteiger partial charge in [-0.1, -0.05) is 0 Å². The SMILES string of the molecule is CCC[CH2][Sn]1([CH2]CCC)[CH2]CNC[CH2]1. The van der Waals surface area contributed by atoms with Gasteiger partial charge in [-0.05, 0) is 0 Å². The average Bonchev–Trinajstić information content (AvgIpc) is 2.25. The summed E-state index contributed by atoms with van der Waals surface area (Å²) in [5, 5.41) is 3.54. The molecule has 0 spiro atoms. The van der Waals surface area contributed by atoms with Gasteiger partial charge >= 0.3 is 94.1 Å². The molecular formula is C12H27NSn. The van der Waals surface area contributed by atoms with Crippen molar-refractivity contribution in [1.29, 1.82) is 0 Å². The Morgan fingerprint density at radius 2 is 1.43 bits per heavy atom. The first-order valence-corrected chi connectivity index (χ1v) is 14.6. The third kappa shape index (κ3) is 4.09. The quantitative estimate of drug-likeness (QED) is 0.739. The zero-order chi connectivity index (χ0) is 10.3. The van der Waals surface area contributed by atoms with Crippen LogP contribution in [0.25, 0.3) is 0 Å². The minimum atomic E-state index is -1.56. The molecule has 0 aromatic rings. The second-order valence-electron chi connectivity index (χ2n) is 4.96. The van der Waals surface area contributed by atoms with Gasteiger partial charge in [0.15, 0.2) is 0 Å². The summed E-state index contributed by atoms with van der Waals surface area (Å²) in [6, 6.07) is 0. The molecule has 0 unspecified atom stereocenters. The van der Waals surface area contributed by atoms with Crippen LogP contribution in [-0.4, -0.2) is 31.5 Å². The zero-order valence-electron chi connectivity index (χ0n) is 10.1. The van der Waals surface area contributed by atoms with Crippen LogP contribution in [0.4, 0.5) is 0 Å². The number of rotatable bonds is 6. The third-order valence-corrected chi connectivity index (χ3v) is 19.3. The van der Waals surface area contributed by atoms with Crippen LogP contribution in [0.3, 0.4) is 0 Å². The fourth-order valence-electron chi connectivity index (χ4n) is 2.69. The Balaban J connectivity index is 2.39. The normalized spacial score (nSPS) is 21.0. The van der Waals surface area contributed by atoms with Crippen molar-refractivity contribution in [3.63, 3.8) is 0 Å². The average molecular weight is 304 g/mol. The minimum absolute atomic E-state index is 1.35. The molecule has 0 aromatic heterocycles. The van der Waals surface area contributed by atoms with E-state index in [1.807, 2.05) is 0 Å². The summed E-state index contributed by atoms with van der Waals surface area (Å²) in [5.74, 6) is 0. The molecule has 1 saturated heterocycles. The zero-order valence-corrected chi connectivity index (χ0v) is 12.9. The van der Waals surface area contributed by atoms with E-state index < -0.39 is 18.4 Å². The summed E-state index contributed by atoms with van der Waals surface area (Å²) in [4.78, 5) is 0. The molecule has 0 radical (unpaired) electrons. The Morgan fingerprint density at radius 1 is 0.929 bits per heavy atom. The third-order valence-electron chi connectivity index (χ3n) is 3.79. The van der Waals surface area contributed by atoms with E-state index in [2.05, 4.69) is 19.2 Å². The van der Waals surface area contributed by atoms with Crippen LogP contribution in [0.5, 0.6) is 0 Å². The van der Waals surface area contributed by atoms with Gasteiger partial charge < -0.3 is 0 Å². The molecule has 1 fully saturated rings. The predicted octanol–water partition coefficient (Wildman–Crippen LogP) is 3.64. The fourth-order valence-corrected chi connectivity index (χ4v) is 17.3. The van der Waals surface area contributed by atoms with Crippen molar-refractivity contribution in [3.05, 3.63) is 0 Å². The van der Waals surface area contributed by atoms with E-state index in [-0.39, 0.29) is 0 Å². The van der Waals surface area contributed by atoms with E-state index in [1.54, 1.807) is 17.7 Å². The summed E-state index contributed by atoms with van der Waals surface area (Å²) >= 11 is -1.56. The van der Waals surface area contributed by atoms with E-state index in [9.17, 15) is 0 Å². The topological polar surface area (TPSA) is 12.0 Å². The molecule has 0 aliphatic carbocycles. The van der Waals surface area contributed by atoms with Gasteiger partial charge in [0, 0.05) is 0 Å². The van der Waals surface area contributed by atoms with Gasteiger partial charge in [0.2, 0.25) is 0 Å². The van der Waals surface area contributed by atoms with Crippen molar-refractivity contribution in [3.8, 4) is 0 Å². The first-order chi connectivity index (χ1) is 6.83. The molecule has 0 amide bonds. The maximum atomic E-state index is 3.54. The second-order valence-corrected chi connectivity index (χ2v) is 19.2. The molecule has 0 saturated carbocycles. The van der Waals surface area contributed by atoms with Gasteiger partial charge in [0.25, 0.3) is 0 Å². The summed E-state index contributed by atoms with van der Waals surface area (Å²) < 4.78 is 6.64. The van der Waals surface area contributed by atoms with Crippen molar-refractivity contribution in [2.75, 3.05) is 13.1 Å². The number of hydrogen-bond donors (Lipinski definition) is 1. The Morgan fingerprint density at radius 3 is 1.86 bits per heavy atom. The predicted molar refractivity (Wildman–Crippen MR) is 67.7 cm³/mol. The summed E-state index contributed by atoms with van der Waals surface area (Å²) in [6.45, 7) is 7.40. The number of hydrogen-bond acceptors (Lipinski definition) is 1. The summed E-state index contributed by atoms with van der Waals surface area (Å²) in [5.41, 5.74) is 0. The monoisotopic (exact) mass is 305 g/mol. The summed E-state index contributed by atoms with van der Waals surface area (Å²) in [6.07, 6.45) is 5.88. The van der Waals surface area contributed by atoms with Crippen molar-refractivity contribution < 1.29 is 0 Å². The van der Waals surface area contributed by atoms with Gasteiger partial charge in [-0.3, -0.25) is 0 Å². The van der Waals surface area contributed by atoms with E-state index in [0.717, 1.165) is 0 Å². The van der Waals surface area contributed by atoms with Crippen LogP contribution in [0.2, 0.25) is 17.7 Å². The number of nitrogens with one attached hydrogen (secondary N) is 1. The van der Waals surface area contributed by atoms with Gasteiger partial charge in [-0.25, -0.2) is 0 Å². The molecule has 0 bridgehead atoms. The van der Waals surface area contributed by atoms with Crippen LogP contribution in [-0.2, 0) is 0 Å². The van der Waals surface area contributed by atoms with Crippen LogP contribution < -0.4 is 5.32 Å². The molecular weight excluding hydrogens is 277 g/mol. The fraction of sp³-hybridized carbons (Fsp3) is 1.00. The van der Waals surface area contributed by atoms with Gasteiger partial charge in [0.05, 0.1) is 0 Å². The standard InChI is InChI=1S/C4H9N.2C4H9.Sn/c1-3-5-4-2;2*1-3-4-2;/h5H,1-4H2;2*1,3-4H2,2H3;. The number of unbranched alkanes of at least 4 members (excludes halogenated alkanes) is 2. The van der Waals surface area contributed by atoms with Crippen molar-refractivity contribution >= 4 is 18.4 Å². The molecule has 0 atom stereocenters. The molecule has 1 aliphatic rings. The maximum absolute atomic E-state index is 3.54. The molecule has 84 valence electrons. The van der Waals surface area contributed by atoms with Crippen molar-refractivity contribution in [1.82, 2.24) is 5.32 Å². The van der Waals surface area contributed by atoms with Gasteiger partial charge in [-0.15, -0.1) is 0 Å². The van der Waals surface area contributed by atoms with E-state index in [4.69, 9.17) is 0 Å². The Labute approximate surface area is 93.9 Å². The molecule has 1 nitrogen and oxygen atoms in total. The summed E-state index contributed by atoms with van der Waals surface area (Å²) in [7, 11) is 0. The van der Waals surface area contributed by atoms with Gasteiger partial charge in [-0.2, -0.15) is 0 Å². The molecule has 1 N–H and O–H groups in total. The van der Waals surface area contributed by atoms with E-state index >= 15 is 0 Å². The van der Waals surface area contributed by atoms with Crippen LogP contribution in [0.1, 0.15) is 39.5 Å². The molecule has 14 heavy (non-hydrogen) atoms. The molecule has 1 rings (SSSR count). The second kappa shape index (κ2) is 7.10. The molecule has 0 aromatic carbocycles. The van der Waals surface area contributed by atoms with E-state index in [1.165, 1.54) is 38.8 Å². The molecule has 1 aliphatic heterocycles. The van der Waals surface area contributed by atoms with Crippen molar-refractivity contribution in [2.45, 2.75) is 57.3 Å². The first-order valence-electron chi connectivity index (χ1n) is 6.54. The van der Waals surface area contributed by atoms with Crippen LogP contribution >= 0.6 is 0 Å². The Hall–Kier alpha value is 0.759. The first kappa shape index (κ1) is 12.8. The van der Waals surface area contributed by atoms with Gasteiger partial charge in [0.1, 0.15) is 0 Å².